The van der Waals surface area contributed by atoms with Gasteiger partial charge in [0, 0.05) is 0 Å². The van der Waals surface area contributed by atoms with Gasteiger partial charge in [0.15, 0.2) is 0 Å². The van der Waals surface area contributed by atoms with Crippen molar-refractivity contribution in [3.05, 3.63) is 65.2 Å². The molecule has 0 spiro atoms. The maximum atomic E-state index is 9.43. The lowest BCUT2D eigenvalue weighted by Crippen LogP contribution is -2.25. The molecule has 2 aromatic rings. The van der Waals surface area contributed by atoms with E-state index >= 15 is 0 Å². The van der Waals surface area contributed by atoms with Gasteiger partial charge in [0.2, 0.25) is 0 Å². The van der Waals surface area contributed by atoms with Crippen molar-refractivity contribution >= 4 is 24.5 Å². The molecule has 0 atom stereocenters. The topological polar surface area (TPSA) is 20.2 Å². The van der Waals surface area contributed by atoms with Crippen molar-refractivity contribution in [3.8, 4) is 0 Å². The zero-order valence-corrected chi connectivity index (χ0v) is 10.8. The SMILES string of the molecule is CB(O)c1ccc(/C=C/c2ccc(C)cc2)cc1. The average molecular weight is 236 g/mol. The van der Waals surface area contributed by atoms with Crippen LogP contribution >= 0.6 is 0 Å². The first-order valence-electron chi connectivity index (χ1n) is 6.18. The third-order valence-electron chi connectivity index (χ3n) is 2.96. The highest BCUT2D eigenvalue weighted by Gasteiger charge is 2.04. The molecule has 0 aliphatic heterocycles. The van der Waals surface area contributed by atoms with Crippen LogP contribution in [0.4, 0.5) is 0 Å². The minimum absolute atomic E-state index is 0.403. The van der Waals surface area contributed by atoms with E-state index in [0.29, 0.717) is 0 Å². The molecule has 0 amide bonds. The van der Waals surface area contributed by atoms with E-state index in [0.717, 1.165) is 11.0 Å². The Morgan fingerprint density at radius 2 is 1.28 bits per heavy atom. The van der Waals surface area contributed by atoms with E-state index in [4.69, 9.17) is 0 Å². The lowest BCUT2D eigenvalue weighted by molar-refractivity contribution is 0.594. The Labute approximate surface area is 109 Å². The van der Waals surface area contributed by atoms with Crippen LogP contribution in [0.1, 0.15) is 16.7 Å². The number of rotatable bonds is 3. The summed E-state index contributed by atoms with van der Waals surface area (Å²) in [6.07, 6.45) is 4.17. The summed E-state index contributed by atoms with van der Waals surface area (Å²) in [5.41, 5.74) is 4.55. The Morgan fingerprint density at radius 1 is 0.833 bits per heavy atom. The smallest absolute Gasteiger partial charge is 0.320 e. The highest BCUT2D eigenvalue weighted by Crippen LogP contribution is 2.08. The van der Waals surface area contributed by atoms with E-state index in [1.807, 2.05) is 24.3 Å². The van der Waals surface area contributed by atoms with Crippen molar-refractivity contribution in [2.24, 2.45) is 0 Å². The van der Waals surface area contributed by atoms with Crippen LogP contribution in [0.25, 0.3) is 12.2 Å². The zero-order valence-electron chi connectivity index (χ0n) is 10.8. The molecule has 0 aliphatic rings. The van der Waals surface area contributed by atoms with Gasteiger partial charge in [-0.1, -0.05) is 73.1 Å². The van der Waals surface area contributed by atoms with Crippen LogP contribution in [0.3, 0.4) is 0 Å². The zero-order chi connectivity index (χ0) is 13.0. The fourth-order valence-electron chi connectivity index (χ4n) is 1.76. The van der Waals surface area contributed by atoms with Gasteiger partial charge in [0.25, 0.3) is 0 Å². The molecule has 1 nitrogen and oxygen atoms in total. The van der Waals surface area contributed by atoms with Crippen LogP contribution in [0.5, 0.6) is 0 Å². The van der Waals surface area contributed by atoms with Crippen molar-refractivity contribution in [2.75, 3.05) is 0 Å². The molecule has 1 N–H and O–H groups in total. The molecule has 2 aromatic carbocycles. The molecule has 0 bridgehead atoms. The quantitative estimate of drug-likeness (QED) is 0.641. The molecule has 0 aliphatic carbocycles. The Morgan fingerprint density at radius 3 is 1.72 bits per heavy atom. The summed E-state index contributed by atoms with van der Waals surface area (Å²) in [5, 5.41) is 9.43. The molecular weight excluding hydrogens is 219 g/mol. The predicted octanol–water partition coefficient (Wildman–Crippen LogP) is 2.99. The van der Waals surface area contributed by atoms with E-state index in [-0.39, 0.29) is 0 Å². The first-order valence-corrected chi connectivity index (χ1v) is 6.18. The average Bonchev–Trinajstić information content (AvgIpc) is 2.38. The molecule has 0 saturated carbocycles. The van der Waals surface area contributed by atoms with Gasteiger partial charge in [-0.3, -0.25) is 0 Å². The van der Waals surface area contributed by atoms with Crippen molar-refractivity contribution in [1.82, 2.24) is 0 Å². The Kier molecular flexibility index (Phi) is 4.01. The highest BCUT2D eigenvalue weighted by molar-refractivity contribution is 6.64. The van der Waals surface area contributed by atoms with Gasteiger partial charge in [-0.2, -0.15) is 0 Å². The van der Waals surface area contributed by atoms with Crippen molar-refractivity contribution in [2.45, 2.75) is 13.7 Å². The minimum atomic E-state index is -0.403. The molecule has 2 heteroatoms. The van der Waals surface area contributed by atoms with Crippen LogP contribution in [0.2, 0.25) is 6.82 Å². The van der Waals surface area contributed by atoms with Gasteiger partial charge >= 0.3 is 6.92 Å². The minimum Gasteiger partial charge on any atom is -0.447 e. The van der Waals surface area contributed by atoms with Gasteiger partial charge in [0.05, 0.1) is 0 Å². The van der Waals surface area contributed by atoms with Crippen LogP contribution in [-0.4, -0.2) is 11.9 Å². The second-order valence-electron chi connectivity index (χ2n) is 4.59. The summed E-state index contributed by atoms with van der Waals surface area (Å²) in [6.45, 7) is 3.46. The molecule has 0 aromatic heterocycles. The monoisotopic (exact) mass is 236 g/mol. The third-order valence-corrected chi connectivity index (χ3v) is 2.96. The molecule has 0 unspecified atom stereocenters. The summed E-state index contributed by atoms with van der Waals surface area (Å²) in [6, 6.07) is 16.4. The summed E-state index contributed by atoms with van der Waals surface area (Å²) in [4.78, 5) is 0. The first-order chi connectivity index (χ1) is 8.65. The van der Waals surface area contributed by atoms with Gasteiger partial charge in [-0.25, -0.2) is 0 Å². The fraction of sp³-hybridized carbons (Fsp3) is 0.125. The molecule has 90 valence electrons. The van der Waals surface area contributed by atoms with Crippen molar-refractivity contribution < 1.29 is 5.02 Å². The second-order valence-corrected chi connectivity index (χ2v) is 4.59. The largest absolute Gasteiger partial charge is 0.447 e. The number of hydrogen-bond donors (Lipinski definition) is 1. The Balaban J connectivity index is 2.11. The third kappa shape index (κ3) is 3.35. The first kappa shape index (κ1) is 12.7. The Bertz CT molecular complexity index is 524. The lowest BCUT2D eigenvalue weighted by atomic mass is 9.64. The van der Waals surface area contributed by atoms with Gasteiger partial charge in [-0.05, 0) is 23.5 Å². The van der Waals surface area contributed by atoms with Gasteiger partial charge < -0.3 is 5.02 Å². The van der Waals surface area contributed by atoms with Crippen molar-refractivity contribution in [3.63, 3.8) is 0 Å². The van der Waals surface area contributed by atoms with E-state index < -0.39 is 6.92 Å². The highest BCUT2D eigenvalue weighted by atomic mass is 16.2. The maximum Gasteiger partial charge on any atom is 0.320 e. The predicted molar refractivity (Wildman–Crippen MR) is 80.0 cm³/mol. The fourth-order valence-corrected chi connectivity index (χ4v) is 1.76. The molecule has 18 heavy (non-hydrogen) atoms. The van der Waals surface area contributed by atoms with E-state index in [9.17, 15) is 5.02 Å². The summed E-state index contributed by atoms with van der Waals surface area (Å²) >= 11 is 0. The standard InChI is InChI=1S/C16H17BO/c1-13-3-5-14(6-4-13)7-8-15-9-11-16(12-10-15)17(2)18/h3-12,18H,1-2H3/b8-7+. The maximum absolute atomic E-state index is 9.43. The molecule has 2 rings (SSSR count). The van der Waals surface area contributed by atoms with Gasteiger partial charge in [0.1, 0.15) is 0 Å². The molecule has 0 fully saturated rings. The molecule has 0 saturated heterocycles. The Hall–Kier alpha value is -1.80. The van der Waals surface area contributed by atoms with Crippen LogP contribution < -0.4 is 5.46 Å². The van der Waals surface area contributed by atoms with E-state index in [2.05, 4.69) is 43.3 Å². The lowest BCUT2D eigenvalue weighted by Gasteiger charge is -2.01. The summed E-state index contributed by atoms with van der Waals surface area (Å²) in [7, 11) is 0. The number of benzene rings is 2. The molecular formula is C16H17BO. The number of aryl methyl sites for hydroxylation is 1. The van der Waals surface area contributed by atoms with E-state index in [1.54, 1.807) is 6.82 Å². The van der Waals surface area contributed by atoms with Crippen molar-refractivity contribution in [1.29, 1.82) is 0 Å². The van der Waals surface area contributed by atoms with Gasteiger partial charge in [-0.15, -0.1) is 0 Å². The summed E-state index contributed by atoms with van der Waals surface area (Å²) < 4.78 is 0. The number of hydrogen-bond acceptors (Lipinski definition) is 1. The van der Waals surface area contributed by atoms with Crippen LogP contribution in [0, 0.1) is 6.92 Å². The second kappa shape index (κ2) is 5.70. The summed E-state index contributed by atoms with van der Waals surface area (Å²) in [5.74, 6) is 0. The van der Waals surface area contributed by atoms with Crippen LogP contribution in [-0.2, 0) is 0 Å². The molecule has 0 heterocycles. The normalized spacial score (nSPS) is 10.8. The molecule has 0 radical (unpaired) electrons. The van der Waals surface area contributed by atoms with E-state index in [1.165, 1.54) is 11.1 Å². The van der Waals surface area contributed by atoms with Crippen LogP contribution in [0.15, 0.2) is 48.5 Å².